The van der Waals surface area contributed by atoms with E-state index in [4.69, 9.17) is 0 Å². The van der Waals surface area contributed by atoms with Crippen LogP contribution in [0.5, 0.6) is 0 Å². The molecular weight excluding hydrogens is 308 g/mol. The highest BCUT2D eigenvalue weighted by Crippen LogP contribution is 2.32. The van der Waals surface area contributed by atoms with E-state index in [1.54, 1.807) is 11.3 Å². The van der Waals surface area contributed by atoms with Crippen LogP contribution in [0, 0.1) is 5.92 Å². The van der Waals surface area contributed by atoms with Gasteiger partial charge in [0.05, 0.1) is 10.4 Å². The smallest absolute Gasteiger partial charge is 0.270 e. The molecule has 5 heterocycles. The van der Waals surface area contributed by atoms with Crippen molar-refractivity contribution < 1.29 is 4.79 Å². The lowest BCUT2D eigenvalue weighted by Gasteiger charge is -2.44. The van der Waals surface area contributed by atoms with Gasteiger partial charge in [0.25, 0.3) is 5.91 Å². The molecule has 0 saturated carbocycles. The quantitative estimate of drug-likeness (QED) is 0.937. The second kappa shape index (κ2) is 5.76. The van der Waals surface area contributed by atoms with E-state index >= 15 is 0 Å². The van der Waals surface area contributed by atoms with Crippen LogP contribution in [0.1, 0.15) is 23.3 Å². The lowest BCUT2D eigenvalue weighted by atomic mass is 9.84. The van der Waals surface area contributed by atoms with Gasteiger partial charge in [-0.15, -0.1) is 11.3 Å². The molecule has 5 nitrogen and oxygen atoms in total. The lowest BCUT2D eigenvalue weighted by Crippen LogP contribution is -2.57. The number of nitrogens with zero attached hydrogens (tertiary/aromatic N) is 3. The number of rotatable bonds is 3. The Morgan fingerprint density at radius 3 is 2.83 bits per heavy atom. The third-order valence-electron chi connectivity index (χ3n) is 5.13. The first-order valence-corrected chi connectivity index (χ1v) is 9.07. The summed E-state index contributed by atoms with van der Waals surface area (Å²) < 4.78 is 1.12. The Morgan fingerprint density at radius 2 is 2.17 bits per heavy atom. The number of nitrogens with one attached hydrogen (secondary N) is 1. The van der Waals surface area contributed by atoms with Crippen molar-refractivity contribution in [2.45, 2.75) is 18.9 Å². The van der Waals surface area contributed by atoms with Crippen LogP contribution in [-0.2, 0) is 0 Å². The molecule has 1 amide bonds. The molecule has 0 radical (unpaired) electrons. The van der Waals surface area contributed by atoms with Gasteiger partial charge in [0.15, 0.2) is 0 Å². The van der Waals surface area contributed by atoms with Gasteiger partial charge in [-0.3, -0.25) is 4.79 Å². The van der Waals surface area contributed by atoms with Crippen molar-refractivity contribution in [3.8, 4) is 0 Å². The predicted molar refractivity (Wildman–Crippen MR) is 94.4 cm³/mol. The fraction of sp³-hybridized carbons (Fsp3) is 0.529. The summed E-state index contributed by atoms with van der Waals surface area (Å²) in [5, 5.41) is 6.44. The molecule has 2 aromatic heterocycles. The van der Waals surface area contributed by atoms with Gasteiger partial charge in [0, 0.05) is 43.6 Å². The molecule has 1 atom stereocenters. The van der Waals surface area contributed by atoms with E-state index in [0.717, 1.165) is 22.3 Å². The number of amides is 1. The molecule has 122 valence electrons. The number of thiophene rings is 1. The SMILES string of the molecule is CN(C)c1csc2cnc(C(=O)N[C@H]3CN4CCC3CC4)cc12. The molecule has 6 heteroatoms. The van der Waals surface area contributed by atoms with Crippen molar-refractivity contribution in [3.05, 3.63) is 23.3 Å². The highest BCUT2D eigenvalue weighted by molar-refractivity contribution is 7.17. The van der Waals surface area contributed by atoms with Gasteiger partial charge in [-0.1, -0.05) is 0 Å². The molecule has 0 spiro atoms. The molecule has 0 aromatic carbocycles. The van der Waals surface area contributed by atoms with Crippen molar-refractivity contribution in [2.75, 3.05) is 38.6 Å². The zero-order chi connectivity index (χ0) is 16.0. The minimum absolute atomic E-state index is 0.0402. The highest BCUT2D eigenvalue weighted by Gasteiger charge is 2.35. The summed E-state index contributed by atoms with van der Waals surface area (Å²) in [6.07, 6.45) is 4.22. The van der Waals surface area contributed by atoms with Gasteiger partial charge in [0.2, 0.25) is 0 Å². The Labute approximate surface area is 140 Å². The van der Waals surface area contributed by atoms with Crippen LogP contribution in [0.4, 0.5) is 5.69 Å². The number of fused-ring (bicyclic) bond motifs is 4. The number of carbonyl (C=O) groups excluding carboxylic acids is 1. The standard InChI is InChI=1S/C17H22N4OS/c1-20(2)15-10-23-16-8-18-13(7-12(15)16)17(22)19-14-9-21-5-3-11(14)4-6-21/h7-8,10-11,14H,3-6,9H2,1-2H3,(H,19,22)/t14-/m0/s1. The molecule has 3 saturated heterocycles. The van der Waals surface area contributed by atoms with Crippen LogP contribution in [0.2, 0.25) is 0 Å². The van der Waals surface area contributed by atoms with Crippen LogP contribution < -0.4 is 10.2 Å². The molecule has 5 rings (SSSR count). The third-order valence-corrected chi connectivity index (χ3v) is 6.05. The number of carbonyl (C=O) groups is 1. The maximum Gasteiger partial charge on any atom is 0.270 e. The summed E-state index contributed by atoms with van der Waals surface area (Å²) in [6.45, 7) is 3.35. The number of piperidine rings is 3. The minimum Gasteiger partial charge on any atom is -0.376 e. The van der Waals surface area contributed by atoms with Crippen molar-refractivity contribution in [3.63, 3.8) is 0 Å². The van der Waals surface area contributed by atoms with Crippen LogP contribution in [0.25, 0.3) is 10.1 Å². The number of aromatic nitrogens is 1. The largest absolute Gasteiger partial charge is 0.376 e. The summed E-state index contributed by atoms with van der Waals surface area (Å²) in [4.78, 5) is 21.5. The van der Waals surface area contributed by atoms with E-state index in [-0.39, 0.29) is 11.9 Å². The maximum atomic E-state index is 12.6. The Hall–Kier alpha value is -1.66. The van der Waals surface area contributed by atoms with Crippen LogP contribution in [-0.4, -0.2) is 55.6 Å². The molecule has 3 aliphatic heterocycles. The monoisotopic (exact) mass is 330 g/mol. The number of hydrogen-bond donors (Lipinski definition) is 1. The van der Waals surface area contributed by atoms with E-state index in [2.05, 4.69) is 25.5 Å². The molecule has 3 aliphatic rings. The number of pyridine rings is 1. The van der Waals surface area contributed by atoms with Gasteiger partial charge < -0.3 is 15.1 Å². The number of hydrogen-bond acceptors (Lipinski definition) is 5. The highest BCUT2D eigenvalue weighted by atomic mass is 32.1. The fourth-order valence-electron chi connectivity index (χ4n) is 3.76. The molecule has 23 heavy (non-hydrogen) atoms. The van der Waals surface area contributed by atoms with Crippen LogP contribution in [0.15, 0.2) is 17.6 Å². The first-order valence-electron chi connectivity index (χ1n) is 8.19. The first kappa shape index (κ1) is 14.9. The molecule has 3 fully saturated rings. The van der Waals surface area contributed by atoms with Crippen molar-refractivity contribution in [1.82, 2.24) is 15.2 Å². The molecule has 2 aromatic rings. The summed E-state index contributed by atoms with van der Waals surface area (Å²) in [5.41, 5.74) is 1.67. The minimum atomic E-state index is -0.0402. The van der Waals surface area contributed by atoms with Crippen molar-refractivity contribution in [1.29, 1.82) is 0 Å². The zero-order valence-electron chi connectivity index (χ0n) is 13.6. The van der Waals surface area contributed by atoms with Gasteiger partial charge in [0.1, 0.15) is 5.69 Å². The Bertz CT molecular complexity index is 733. The summed E-state index contributed by atoms with van der Waals surface area (Å²) >= 11 is 1.67. The van der Waals surface area contributed by atoms with E-state index in [1.807, 2.05) is 26.4 Å². The lowest BCUT2D eigenvalue weighted by molar-refractivity contribution is 0.0618. The first-order chi connectivity index (χ1) is 11.1. The second-order valence-electron chi connectivity index (χ2n) is 6.80. The predicted octanol–water partition coefficient (Wildman–Crippen LogP) is 2.19. The van der Waals surface area contributed by atoms with Gasteiger partial charge in [-0.2, -0.15) is 0 Å². The average Bonchev–Trinajstić information content (AvgIpc) is 2.99. The number of anilines is 1. The Morgan fingerprint density at radius 1 is 1.39 bits per heavy atom. The average molecular weight is 330 g/mol. The summed E-state index contributed by atoms with van der Waals surface area (Å²) in [5.74, 6) is 0.590. The van der Waals surface area contributed by atoms with Crippen LogP contribution in [0.3, 0.4) is 0 Å². The van der Waals surface area contributed by atoms with E-state index in [0.29, 0.717) is 11.6 Å². The molecule has 2 bridgehead atoms. The van der Waals surface area contributed by atoms with Crippen molar-refractivity contribution in [2.24, 2.45) is 5.92 Å². The van der Waals surface area contributed by atoms with E-state index in [1.165, 1.54) is 25.9 Å². The maximum absolute atomic E-state index is 12.6. The fourth-order valence-corrected chi connectivity index (χ4v) is 4.74. The van der Waals surface area contributed by atoms with E-state index in [9.17, 15) is 4.79 Å². The van der Waals surface area contributed by atoms with Gasteiger partial charge in [-0.05, 0) is 37.9 Å². The summed E-state index contributed by atoms with van der Waals surface area (Å²) in [6, 6.07) is 2.20. The van der Waals surface area contributed by atoms with E-state index < -0.39 is 0 Å². The van der Waals surface area contributed by atoms with Crippen LogP contribution >= 0.6 is 11.3 Å². The summed E-state index contributed by atoms with van der Waals surface area (Å²) in [7, 11) is 4.05. The van der Waals surface area contributed by atoms with Gasteiger partial charge in [-0.25, -0.2) is 4.98 Å². The normalized spacial score (nSPS) is 26.4. The topological polar surface area (TPSA) is 48.5 Å². The molecule has 1 N–H and O–H groups in total. The van der Waals surface area contributed by atoms with Gasteiger partial charge >= 0.3 is 0 Å². The second-order valence-corrected chi connectivity index (χ2v) is 7.71. The zero-order valence-corrected chi connectivity index (χ0v) is 14.4. The third kappa shape index (κ3) is 2.70. The van der Waals surface area contributed by atoms with Crippen molar-refractivity contribution >= 4 is 33.0 Å². The molecule has 0 unspecified atom stereocenters. The Kier molecular flexibility index (Phi) is 3.73. The molecular formula is C17H22N4OS. The molecule has 0 aliphatic carbocycles. The Balaban J connectivity index is 1.56.